The zero-order chi connectivity index (χ0) is 35.6. The van der Waals surface area contributed by atoms with Crippen LogP contribution in [0.2, 0.25) is 0 Å². The topological polar surface area (TPSA) is 155 Å². The number of aliphatic carboxylic acids is 1. The highest BCUT2D eigenvalue weighted by Gasteiger charge is 2.27. The largest absolute Gasteiger partial charge is 0.480 e. The minimum atomic E-state index is -4.61. The molecule has 0 saturated carbocycles. The van der Waals surface area contributed by atoms with E-state index in [2.05, 4.69) is 42.7 Å². The second-order valence-corrected chi connectivity index (χ2v) is 14.1. The van der Waals surface area contributed by atoms with Crippen LogP contribution in [0.4, 0.5) is 0 Å². The normalized spacial score (nSPS) is 14.4. The summed E-state index contributed by atoms with van der Waals surface area (Å²) in [6.45, 7) is 3.80. The van der Waals surface area contributed by atoms with Gasteiger partial charge in [-0.25, -0.2) is 4.57 Å². The first-order valence-electron chi connectivity index (χ1n) is 18.9. The molecule has 0 heterocycles. The van der Waals surface area contributed by atoms with Crippen molar-refractivity contribution in [2.45, 2.75) is 174 Å². The molecule has 10 nitrogen and oxygen atoms in total. The molecular formula is C37H70NO9P. The fraction of sp³-hybridized carbons (Fsp3) is 0.838. The molecule has 0 aliphatic carbocycles. The molecule has 0 rings (SSSR count). The Hall–Kier alpha value is -1.55. The lowest BCUT2D eigenvalue weighted by Gasteiger charge is -2.20. The maximum Gasteiger partial charge on any atom is 0.472 e. The lowest BCUT2D eigenvalue weighted by atomic mass is 10.1. The molecule has 0 radical (unpaired) electrons. The Morgan fingerprint density at radius 1 is 0.646 bits per heavy atom. The molecular weight excluding hydrogens is 633 g/mol. The van der Waals surface area contributed by atoms with Crippen molar-refractivity contribution in [3.8, 4) is 0 Å². The SMILES string of the molecule is CCCCC/C=C\CCCCCCCCOCC(COP(=O)(O)OCC(N)C(=O)O)OC(=O)CCCCCCC/C=C\CCCCCC. The van der Waals surface area contributed by atoms with E-state index < -0.39 is 45.1 Å². The standard InChI is InChI=1S/C37H70NO9P/c1-3-5-7-9-11-13-15-17-19-21-23-25-27-29-36(39)47-34(32-45-48(42,43)46-33-35(38)37(40)41)31-44-30-28-26-24-22-20-18-16-14-12-10-8-6-4-2/h12-15,34-35H,3-11,16-33,38H2,1-2H3,(H,40,41)(H,42,43)/b14-12-,15-13-. The average molecular weight is 704 g/mol. The third-order valence-corrected chi connectivity index (χ3v) is 8.90. The molecule has 0 aliphatic rings. The Morgan fingerprint density at radius 3 is 1.62 bits per heavy atom. The number of carboxylic acids is 1. The molecule has 0 amide bonds. The van der Waals surface area contributed by atoms with Crippen LogP contribution < -0.4 is 5.73 Å². The number of allylic oxidation sites excluding steroid dienone is 4. The molecule has 3 unspecified atom stereocenters. The maximum absolute atomic E-state index is 12.5. The quantitative estimate of drug-likeness (QED) is 0.0249. The third-order valence-electron chi connectivity index (χ3n) is 7.95. The number of unbranched alkanes of at least 4 members (excludes halogenated alkanes) is 18. The molecule has 48 heavy (non-hydrogen) atoms. The number of rotatable bonds is 36. The number of phosphoric ester groups is 1. The minimum Gasteiger partial charge on any atom is -0.480 e. The summed E-state index contributed by atoms with van der Waals surface area (Å²) in [4.78, 5) is 33.3. The number of ether oxygens (including phenoxy) is 2. The van der Waals surface area contributed by atoms with Crippen LogP contribution in [-0.2, 0) is 32.7 Å². The molecule has 0 aliphatic heterocycles. The summed E-state index contributed by atoms with van der Waals surface area (Å²) < 4.78 is 33.2. The van der Waals surface area contributed by atoms with Crippen LogP contribution in [0.3, 0.4) is 0 Å². The number of esters is 1. The summed E-state index contributed by atoms with van der Waals surface area (Å²) in [5.41, 5.74) is 5.33. The van der Waals surface area contributed by atoms with Gasteiger partial charge < -0.3 is 25.2 Å². The van der Waals surface area contributed by atoms with E-state index >= 15 is 0 Å². The number of hydrogen-bond acceptors (Lipinski definition) is 8. The van der Waals surface area contributed by atoms with Gasteiger partial charge in [0.15, 0.2) is 0 Å². The zero-order valence-electron chi connectivity index (χ0n) is 30.3. The highest BCUT2D eigenvalue weighted by Crippen LogP contribution is 2.43. The molecule has 0 aromatic rings. The monoisotopic (exact) mass is 703 g/mol. The van der Waals surface area contributed by atoms with Gasteiger partial charge in [-0.1, -0.05) is 115 Å². The van der Waals surface area contributed by atoms with Crippen LogP contribution in [0.1, 0.15) is 162 Å². The van der Waals surface area contributed by atoms with E-state index in [-0.39, 0.29) is 13.0 Å². The Balaban J connectivity index is 4.34. The molecule has 0 spiro atoms. The van der Waals surface area contributed by atoms with Crippen LogP contribution >= 0.6 is 7.82 Å². The first kappa shape index (κ1) is 46.5. The van der Waals surface area contributed by atoms with Crippen molar-refractivity contribution in [1.82, 2.24) is 0 Å². The summed E-state index contributed by atoms with van der Waals surface area (Å²) in [6, 6.07) is -1.47. The number of carbonyl (C=O) groups is 2. The Morgan fingerprint density at radius 2 is 1.08 bits per heavy atom. The fourth-order valence-electron chi connectivity index (χ4n) is 4.94. The summed E-state index contributed by atoms with van der Waals surface area (Å²) in [5, 5.41) is 8.86. The van der Waals surface area contributed by atoms with Crippen LogP contribution in [0.15, 0.2) is 24.3 Å². The van der Waals surface area contributed by atoms with Crippen molar-refractivity contribution in [3.63, 3.8) is 0 Å². The number of hydrogen-bond donors (Lipinski definition) is 3. The second-order valence-electron chi connectivity index (χ2n) is 12.7. The van der Waals surface area contributed by atoms with Crippen LogP contribution in [0.5, 0.6) is 0 Å². The minimum absolute atomic E-state index is 0.0110. The van der Waals surface area contributed by atoms with Crippen molar-refractivity contribution in [1.29, 1.82) is 0 Å². The van der Waals surface area contributed by atoms with Crippen LogP contribution in [-0.4, -0.2) is 60.5 Å². The van der Waals surface area contributed by atoms with Gasteiger partial charge in [0.2, 0.25) is 0 Å². The smallest absolute Gasteiger partial charge is 0.472 e. The first-order chi connectivity index (χ1) is 23.2. The maximum atomic E-state index is 12.5. The van der Waals surface area contributed by atoms with E-state index in [1.54, 1.807) is 0 Å². The van der Waals surface area contributed by atoms with Crippen molar-refractivity contribution in [2.24, 2.45) is 5.73 Å². The molecule has 4 N–H and O–H groups in total. The van der Waals surface area contributed by atoms with Crippen LogP contribution in [0.25, 0.3) is 0 Å². The van der Waals surface area contributed by atoms with E-state index in [9.17, 15) is 19.0 Å². The van der Waals surface area contributed by atoms with Gasteiger partial charge in [0.1, 0.15) is 12.1 Å². The predicted octanol–water partition coefficient (Wildman–Crippen LogP) is 9.58. The number of phosphoric acid groups is 1. The van der Waals surface area contributed by atoms with Gasteiger partial charge >= 0.3 is 19.8 Å². The summed E-state index contributed by atoms with van der Waals surface area (Å²) >= 11 is 0. The third kappa shape index (κ3) is 33.0. The van der Waals surface area contributed by atoms with E-state index in [4.69, 9.17) is 24.8 Å². The van der Waals surface area contributed by atoms with Gasteiger partial charge in [-0.05, 0) is 64.2 Å². The summed E-state index contributed by atoms with van der Waals surface area (Å²) in [5.74, 6) is -1.79. The zero-order valence-corrected chi connectivity index (χ0v) is 31.2. The van der Waals surface area contributed by atoms with E-state index in [1.807, 2.05) is 0 Å². The molecule has 0 bridgehead atoms. The summed E-state index contributed by atoms with van der Waals surface area (Å²) in [7, 11) is -4.61. The first-order valence-corrected chi connectivity index (χ1v) is 20.4. The van der Waals surface area contributed by atoms with Crippen LogP contribution in [0, 0.1) is 0 Å². The molecule has 0 saturated heterocycles. The Kier molecular flexibility index (Phi) is 32.8. The van der Waals surface area contributed by atoms with E-state index in [1.165, 1.54) is 77.0 Å². The van der Waals surface area contributed by atoms with Gasteiger partial charge in [0.05, 0.1) is 19.8 Å². The van der Waals surface area contributed by atoms with Gasteiger partial charge in [-0.3, -0.25) is 18.6 Å². The molecule has 3 atom stereocenters. The van der Waals surface area contributed by atoms with Gasteiger partial charge in [0, 0.05) is 13.0 Å². The second kappa shape index (κ2) is 33.9. The average Bonchev–Trinajstić information content (AvgIpc) is 3.06. The summed E-state index contributed by atoms with van der Waals surface area (Å²) in [6.07, 6.45) is 33.7. The van der Waals surface area contributed by atoms with Gasteiger partial charge in [-0.2, -0.15) is 0 Å². The van der Waals surface area contributed by atoms with Crippen molar-refractivity contribution in [3.05, 3.63) is 24.3 Å². The van der Waals surface area contributed by atoms with E-state index in [0.29, 0.717) is 13.0 Å². The molecule has 282 valence electrons. The Labute approximate surface area is 292 Å². The van der Waals surface area contributed by atoms with Crippen molar-refractivity contribution in [2.75, 3.05) is 26.4 Å². The lowest BCUT2D eigenvalue weighted by molar-refractivity contribution is -0.154. The van der Waals surface area contributed by atoms with Gasteiger partial charge in [0.25, 0.3) is 0 Å². The highest BCUT2D eigenvalue weighted by atomic mass is 31.2. The van der Waals surface area contributed by atoms with E-state index in [0.717, 1.165) is 57.8 Å². The molecule has 0 aromatic carbocycles. The fourth-order valence-corrected chi connectivity index (χ4v) is 5.72. The molecule has 0 fully saturated rings. The molecule has 11 heteroatoms. The lowest BCUT2D eigenvalue weighted by Crippen LogP contribution is -2.34. The van der Waals surface area contributed by atoms with Crippen molar-refractivity contribution >= 4 is 19.8 Å². The van der Waals surface area contributed by atoms with Gasteiger partial charge in [-0.15, -0.1) is 0 Å². The predicted molar refractivity (Wildman–Crippen MR) is 194 cm³/mol. The Bertz CT molecular complexity index is 868. The van der Waals surface area contributed by atoms with Crippen molar-refractivity contribution < 1.29 is 42.7 Å². The number of nitrogens with two attached hydrogens (primary N) is 1. The number of carbonyl (C=O) groups excluding carboxylic acids is 1. The highest BCUT2D eigenvalue weighted by molar-refractivity contribution is 7.47. The number of carboxylic acid groups (broad SMARTS) is 1. The molecule has 0 aromatic heterocycles.